The summed E-state index contributed by atoms with van der Waals surface area (Å²) in [6, 6.07) is 0. The van der Waals surface area contributed by atoms with Gasteiger partial charge in [-0.1, -0.05) is 39.5 Å². The van der Waals surface area contributed by atoms with Gasteiger partial charge in [-0.15, -0.1) is 0 Å². The van der Waals surface area contributed by atoms with Crippen LogP contribution in [0.2, 0.25) is 0 Å². The van der Waals surface area contributed by atoms with Gasteiger partial charge in [-0.3, -0.25) is 0 Å². The summed E-state index contributed by atoms with van der Waals surface area (Å²) < 4.78 is 227. The number of aryl methyl sites for hydroxylation is 4. The van der Waals surface area contributed by atoms with Gasteiger partial charge >= 0.3 is 22.0 Å². The molecule has 0 N–H and O–H groups in total. The number of alkyl halides is 12. The molecule has 14 nitrogen and oxygen atoms in total. The molecule has 54 heavy (non-hydrogen) atoms. The monoisotopic (exact) mass is 894 g/mol. The van der Waals surface area contributed by atoms with E-state index in [4.69, 9.17) is 0 Å². The molecule has 0 amide bonds. The zero-order valence-electron chi connectivity index (χ0n) is 28.7. The van der Waals surface area contributed by atoms with Crippen molar-refractivity contribution in [2.45, 2.75) is 100 Å². The fourth-order valence-electron chi connectivity index (χ4n) is 3.14. The first-order valence-electron chi connectivity index (χ1n) is 14.8. The Balaban J connectivity index is 0. The van der Waals surface area contributed by atoms with Gasteiger partial charge in [-0.2, -0.15) is 52.7 Å². The molecule has 0 aliphatic heterocycles. The molecule has 0 saturated carbocycles. The Bertz CT molecular complexity index is 1620. The number of rotatable bonds is 14. The number of hydrogen-bond acceptors (Lipinski definition) is 8. The van der Waals surface area contributed by atoms with Gasteiger partial charge in [-0.05, 0) is 25.7 Å². The number of sulfonamides is 4. The highest BCUT2D eigenvalue weighted by Crippen LogP contribution is 2.37. The van der Waals surface area contributed by atoms with E-state index < -0.39 is 62.1 Å². The number of halogens is 12. The third-order valence-electron chi connectivity index (χ3n) is 5.75. The molecule has 2 rings (SSSR count). The van der Waals surface area contributed by atoms with Crippen molar-refractivity contribution in [1.82, 2.24) is 9.13 Å². The fourth-order valence-corrected chi connectivity index (χ4v) is 6.56. The van der Waals surface area contributed by atoms with Crippen LogP contribution in [-0.4, -0.2) is 64.8 Å². The number of aromatic nitrogens is 4. The van der Waals surface area contributed by atoms with Gasteiger partial charge in [0.15, 0.2) is 40.1 Å². The second-order valence-electron chi connectivity index (χ2n) is 10.6. The van der Waals surface area contributed by atoms with Crippen LogP contribution in [0.4, 0.5) is 52.7 Å². The van der Waals surface area contributed by atoms with Crippen LogP contribution in [0, 0.1) is 0 Å². The maximum atomic E-state index is 11.4. The number of imidazole rings is 2. The molecule has 0 aliphatic carbocycles. The van der Waals surface area contributed by atoms with Crippen LogP contribution in [-0.2, 0) is 67.3 Å². The molecule has 0 radical (unpaired) electrons. The van der Waals surface area contributed by atoms with Gasteiger partial charge in [0.1, 0.15) is 24.8 Å². The van der Waals surface area contributed by atoms with Crippen LogP contribution in [0.3, 0.4) is 0 Å². The van der Waals surface area contributed by atoms with Crippen LogP contribution in [0.5, 0.6) is 0 Å². The first-order valence-corrected chi connectivity index (χ1v) is 20.6. The zero-order chi connectivity index (χ0) is 43.0. The van der Waals surface area contributed by atoms with E-state index in [0.29, 0.717) is 0 Å². The summed E-state index contributed by atoms with van der Waals surface area (Å²) in [6.45, 7) is 6.83. The Morgan fingerprint density at radius 3 is 0.870 bits per heavy atom. The maximum absolute atomic E-state index is 11.4. The van der Waals surface area contributed by atoms with Crippen molar-refractivity contribution < 1.29 is 95.5 Å². The van der Waals surface area contributed by atoms with Crippen LogP contribution in [0.25, 0.3) is 8.25 Å². The maximum Gasteiger partial charge on any atom is 0.480 e. The minimum atomic E-state index is -6.72. The van der Waals surface area contributed by atoms with Crippen LogP contribution in [0.15, 0.2) is 37.4 Å². The van der Waals surface area contributed by atoms with Crippen LogP contribution < -0.4 is 9.13 Å². The minimum absolute atomic E-state index is 0.778. The van der Waals surface area contributed by atoms with E-state index in [1.165, 1.54) is 64.5 Å². The molecule has 2 aromatic heterocycles. The molecule has 320 valence electrons. The quantitative estimate of drug-likeness (QED) is 0.128. The standard InChI is InChI=1S/2C10H19N2.2C2F6NO4S2/c2*1-3-4-5-6-7-12-9-8-11(2)10-12;2*3-1(4,5)14(10,11)9-15(12,13)2(6,7)8/h2*8-10H,3-7H2,1-2H3;;/q2*+1;2*-1. The summed E-state index contributed by atoms with van der Waals surface area (Å²) in [4.78, 5) is 0. The summed E-state index contributed by atoms with van der Waals surface area (Å²) in [5.41, 5.74) is -24.8. The van der Waals surface area contributed by atoms with Crippen molar-refractivity contribution in [3.8, 4) is 0 Å². The lowest BCUT2D eigenvalue weighted by Crippen LogP contribution is -2.30. The normalized spacial score (nSPS) is 13.2. The van der Waals surface area contributed by atoms with E-state index in [-0.39, 0.29) is 0 Å². The number of nitrogens with zero attached hydrogens (tertiary/aromatic N) is 6. The number of hydrogen-bond donors (Lipinski definition) is 0. The number of unbranched alkanes of at least 4 members (excludes halogenated alkanes) is 6. The summed E-state index contributed by atoms with van der Waals surface area (Å²) in [6.07, 6.45) is 23.4. The predicted octanol–water partition coefficient (Wildman–Crippen LogP) is 5.90. The fraction of sp³-hybridized carbons (Fsp3) is 0.750. The van der Waals surface area contributed by atoms with Crippen LogP contribution >= 0.6 is 0 Å². The molecule has 2 aromatic rings. The van der Waals surface area contributed by atoms with Gasteiger partial charge in [0.05, 0.1) is 27.2 Å². The van der Waals surface area contributed by atoms with Crippen molar-refractivity contribution in [1.29, 1.82) is 0 Å². The lowest BCUT2D eigenvalue weighted by Gasteiger charge is -2.22. The lowest BCUT2D eigenvalue weighted by molar-refractivity contribution is -0.671. The molecular formula is C24H38F12N6O8S4. The van der Waals surface area contributed by atoms with Crippen molar-refractivity contribution in [2.24, 2.45) is 14.1 Å². The van der Waals surface area contributed by atoms with Crippen molar-refractivity contribution in [3.05, 3.63) is 45.7 Å². The average molecular weight is 895 g/mol. The first-order chi connectivity index (χ1) is 24.1. The highest BCUT2D eigenvalue weighted by molar-refractivity contribution is 8.13. The molecule has 0 aromatic carbocycles. The lowest BCUT2D eigenvalue weighted by atomic mass is 10.2. The third-order valence-corrected chi connectivity index (χ3v) is 11.2. The van der Waals surface area contributed by atoms with E-state index in [1.54, 1.807) is 0 Å². The molecule has 0 atom stereocenters. The second-order valence-corrected chi connectivity index (χ2v) is 17.4. The third kappa shape index (κ3) is 20.3. The highest BCUT2D eigenvalue weighted by Gasteiger charge is 2.48. The van der Waals surface area contributed by atoms with Crippen molar-refractivity contribution >= 4 is 40.1 Å². The Morgan fingerprint density at radius 1 is 0.463 bits per heavy atom. The molecule has 0 fully saturated rings. The van der Waals surface area contributed by atoms with Gasteiger partial charge in [0.2, 0.25) is 12.7 Å². The van der Waals surface area contributed by atoms with Crippen molar-refractivity contribution in [2.75, 3.05) is 0 Å². The largest absolute Gasteiger partial charge is 0.480 e. The van der Waals surface area contributed by atoms with E-state index in [1.807, 2.05) is 0 Å². The van der Waals surface area contributed by atoms with E-state index in [9.17, 15) is 86.4 Å². The van der Waals surface area contributed by atoms with E-state index in [2.05, 4.69) is 83.7 Å². The Labute approximate surface area is 304 Å². The van der Waals surface area contributed by atoms with E-state index in [0.717, 1.165) is 8.25 Å². The summed E-state index contributed by atoms with van der Waals surface area (Å²) in [7, 11) is -22.8. The zero-order valence-corrected chi connectivity index (χ0v) is 31.9. The average Bonchev–Trinajstić information content (AvgIpc) is 3.58. The first kappa shape index (κ1) is 53.4. The van der Waals surface area contributed by atoms with Gasteiger partial charge < -0.3 is 8.25 Å². The molecule has 0 bridgehead atoms. The smallest absolute Gasteiger partial charge is 0.421 e. The van der Waals surface area contributed by atoms with E-state index >= 15 is 0 Å². The summed E-state index contributed by atoms with van der Waals surface area (Å²) >= 11 is 0. The van der Waals surface area contributed by atoms with Gasteiger partial charge in [0.25, 0.3) is 0 Å². The Kier molecular flexibility index (Phi) is 21.3. The molecule has 0 spiro atoms. The molecule has 30 heteroatoms. The van der Waals surface area contributed by atoms with Gasteiger partial charge in [0, 0.05) is 0 Å². The highest BCUT2D eigenvalue weighted by atomic mass is 32.3. The Hall–Kier alpha value is -2.70. The molecule has 2 heterocycles. The molecule has 0 saturated heterocycles. The van der Waals surface area contributed by atoms with Crippen LogP contribution in [0.1, 0.15) is 65.2 Å². The summed E-state index contributed by atoms with van der Waals surface area (Å²) in [5, 5.41) is 0. The molecular weight excluding hydrogens is 857 g/mol. The molecule has 0 unspecified atom stereocenters. The predicted molar refractivity (Wildman–Crippen MR) is 166 cm³/mol. The topological polar surface area (TPSA) is 182 Å². The summed E-state index contributed by atoms with van der Waals surface area (Å²) in [5.74, 6) is 0. The SMILES string of the molecule is CCCCCCn1cc[n+](C)c1.CCCCCCn1cc[n+](C)c1.O=S(=O)([N-]S(=O)(=O)C(F)(F)F)C(F)(F)F.O=S(=O)([N-]S(=O)(=O)C(F)(F)F)C(F)(F)F. The minimum Gasteiger partial charge on any atom is -0.421 e. The molecule has 0 aliphatic rings. The van der Waals surface area contributed by atoms with Gasteiger partial charge in [-0.25, -0.2) is 51.9 Å². The van der Waals surface area contributed by atoms with Crippen molar-refractivity contribution in [3.63, 3.8) is 0 Å². The second kappa shape index (κ2) is 21.6. The Morgan fingerprint density at radius 2 is 0.704 bits per heavy atom.